The number of hydrogen-bond donors (Lipinski definition) is 2. The van der Waals surface area contributed by atoms with Crippen molar-refractivity contribution < 1.29 is 8.42 Å². The zero-order valence-electron chi connectivity index (χ0n) is 11.5. The lowest BCUT2D eigenvalue weighted by Crippen LogP contribution is -2.31. The number of primary sulfonamides is 1. The van der Waals surface area contributed by atoms with Crippen molar-refractivity contribution in [3.63, 3.8) is 0 Å². The fraction of sp³-hybridized carbons (Fsp3) is 0.200. The fourth-order valence-corrected chi connectivity index (χ4v) is 3.44. The molecule has 6 heteroatoms. The third-order valence-corrected chi connectivity index (χ3v) is 4.79. The number of anilines is 2. The van der Waals surface area contributed by atoms with E-state index in [4.69, 9.17) is 10.9 Å². The molecule has 0 amide bonds. The summed E-state index contributed by atoms with van der Waals surface area (Å²) in [6, 6.07) is 13.2. The third kappa shape index (κ3) is 2.59. The molecule has 0 atom stereocenters. The lowest BCUT2D eigenvalue weighted by atomic mass is 9.99. The van der Waals surface area contributed by atoms with E-state index in [1.807, 2.05) is 18.2 Å². The Bertz CT molecular complexity index is 787. The Labute approximate surface area is 124 Å². The molecule has 1 aliphatic rings. The number of hydrogen-bond acceptors (Lipinski definition) is 4. The molecule has 0 fully saturated rings. The lowest BCUT2D eigenvalue weighted by molar-refractivity contribution is 0.598. The standard InChI is InChI=1S/C15H17N3O2S/c16-15-13(6-3-7-14(15)21(17,19)20)18-9-8-11-4-1-2-5-12(11)10-18/h1-7H,8-10,16H2,(H2,17,19,20). The first-order valence-corrected chi connectivity index (χ1v) is 8.24. The second-order valence-electron chi connectivity index (χ2n) is 5.17. The predicted octanol–water partition coefficient (Wildman–Crippen LogP) is 1.48. The van der Waals surface area contributed by atoms with E-state index in [1.165, 1.54) is 17.2 Å². The van der Waals surface area contributed by atoms with E-state index in [2.05, 4.69) is 17.0 Å². The predicted molar refractivity (Wildman–Crippen MR) is 83.4 cm³/mol. The van der Waals surface area contributed by atoms with Crippen molar-refractivity contribution in [3.8, 4) is 0 Å². The van der Waals surface area contributed by atoms with Gasteiger partial charge in [-0.05, 0) is 29.7 Å². The van der Waals surface area contributed by atoms with E-state index in [-0.39, 0.29) is 10.6 Å². The minimum absolute atomic E-state index is 0.0149. The van der Waals surface area contributed by atoms with Gasteiger partial charge in [0.1, 0.15) is 4.90 Å². The second-order valence-corrected chi connectivity index (χ2v) is 6.70. The molecule has 0 spiro atoms. The number of sulfonamides is 1. The van der Waals surface area contributed by atoms with Gasteiger partial charge in [-0.2, -0.15) is 0 Å². The van der Waals surface area contributed by atoms with E-state index in [1.54, 1.807) is 6.07 Å². The lowest BCUT2D eigenvalue weighted by Gasteiger charge is -2.31. The number of benzene rings is 2. The first-order chi connectivity index (χ1) is 9.97. The van der Waals surface area contributed by atoms with Gasteiger partial charge in [-0.25, -0.2) is 13.6 Å². The maximum Gasteiger partial charge on any atom is 0.240 e. The van der Waals surface area contributed by atoms with Gasteiger partial charge in [-0.1, -0.05) is 30.3 Å². The molecule has 3 rings (SSSR count). The number of nitrogen functional groups attached to an aromatic ring is 1. The molecule has 0 unspecified atom stereocenters. The molecule has 2 aromatic carbocycles. The molecule has 4 N–H and O–H groups in total. The van der Waals surface area contributed by atoms with Crippen LogP contribution in [-0.4, -0.2) is 15.0 Å². The van der Waals surface area contributed by atoms with E-state index in [0.29, 0.717) is 6.54 Å². The third-order valence-electron chi connectivity index (χ3n) is 3.82. The number of fused-ring (bicyclic) bond motifs is 1. The Hall–Kier alpha value is -2.05. The normalized spacial score (nSPS) is 14.8. The van der Waals surface area contributed by atoms with Crippen LogP contribution < -0.4 is 15.8 Å². The average molecular weight is 303 g/mol. The second kappa shape index (κ2) is 5.05. The summed E-state index contributed by atoms with van der Waals surface area (Å²) in [7, 11) is -3.81. The maximum atomic E-state index is 11.6. The average Bonchev–Trinajstić information content (AvgIpc) is 2.46. The van der Waals surface area contributed by atoms with E-state index >= 15 is 0 Å². The number of para-hydroxylation sites is 1. The zero-order chi connectivity index (χ0) is 15.0. The van der Waals surface area contributed by atoms with Gasteiger partial charge in [0, 0.05) is 13.1 Å². The molecule has 0 radical (unpaired) electrons. The molecule has 2 aromatic rings. The van der Waals surface area contributed by atoms with Crippen LogP contribution >= 0.6 is 0 Å². The van der Waals surface area contributed by atoms with Gasteiger partial charge in [0.25, 0.3) is 0 Å². The Morgan fingerprint density at radius 2 is 1.71 bits per heavy atom. The molecule has 1 aliphatic heterocycles. The summed E-state index contributed by atoms with van der Waals surface area (Å²) in [6.07, 6.45) is 0.912. The molecule has 1 heterocycles. The Morgan fingerprint density at radius 1 is 1.00 bits per heavy atom. The smallest absolute Gasteiger partial charge is 0.240 e. The van der Waals surface area contributed by atoms with E-state index in [0.717, 1.165) is 18.7 Å². The molecule has 5 nitrogen and oxygen atoms in total. The molecular weight excluding hydrogens is 286 g/mol. The molecular formula is C15H17N3O2S. The fourth-order valence-electron chi connectivity index (χ4n) is 2.76. The highest BCUT2D eigenvalue weighted by atomic mass is 32.2. The molecule has 0 aromatic heterocycles. The van der Waals surface area contributed by atoms with Crippen LogP contribution in [0.1, 0.15) is 11.1 Å². The van der Waals surface area contributed by atoms with Crippen LogP contribution in [0, 0.1) is 0 Å². The molecule has 21 heavy (non-hydrogen) atoms. The van der Waals surface area contributed by atoms with Crippen molar-refractivity contribution in [2.75, 3.05) is 17.2 Å². The Morgan fingerprint density at radius 3 is 2.43 bits per heavy atom. The SMILES string of the molecule is Nc1c(N2CCc3ccccc3C2)cccc1S(N)(=O)=O. The highest BCUT2D eigenvalue weighted by molar-refractivity contribution is 7.89. The van der Waals surface area contributed by atoms with Gasteiger partial charge in [-0.3, -0.25) is 0 Å². The van der Waals surface area contributed by atoms with Gasteiger partial charge in [-0.15, -0.1) is 0 Å². The highest BCUT2D eigenvalue weighted by Crippen LogP contribution is 2.32. The van der Waals surface area contributed by atoms with Gasteiger partial charge >= 0.3 is 0 Å². The van der Waals surface area contributed by atoms with Crippen LogP contribution in [0.2, 0.25) is 0 Å². The molecule has 0 bridgehead atoms. The van der Waals surface area contributed by atoms with Crippen LogP contribution in [0.5, 0.6) is 0 Å². The van der Waals surface area contributed by atoms with Gasteiger partial charge in [0.2, 0.25) is 10.0 Å². The summed E-state index contributed by atoms with van der Waals surface area (Å²) in [6.45, 7) is 1.52. The highest BCUT2D eigenvalue weighted by Gasteiger charge is 2.21. The van der Waals surface area contributed by atoms with Crippen LogP contribution in [0.15, 0.2) is 47.4 Å². The number of rotatable bonds is 2. The van der Waals surface area contributed by atoms with Crippen molar-refractivity contribution in [3.05, 3.63) is 53.6 Å². The van der Waals surface area contributed by atoms with E-state index < -0.39 is 10.0 Å². The van der Waals surface area contributed by atoms with Crippen LogP contribution in [-0.2, 0) is 23.0 Å². The minimum atomic E-state index is -3.81. The molecule has 0 saturated carbocycles. The zero-order valence-corrected chi connectivity index (χ0v) is 12.3. The molecule has 110 valence electrons. The topological polar surface area (TPSA) is 89.4 Å². The summed E-state index contributed by atoms with van der Waals surface area (Å²) >= 11 is 0. The van der Waals surface area contributed by atoms with Crippen molar-refractivity contribution in [1.82, 2.24) is 0 Å². The minimum Gasteiger partial charge on any atom is -0.396 e. The Kier molecular flexibility index (Phi) is 3.35. The molecule has 0 aliphatic carbocycles. The summed E-state index contributed by atoms with van der Waals surface area (Å²) < 4.78 is 23.1. The summed E-state index contributed by atoms with van der Waals surface area (Å²) in [5.74, 6) is 0. The Balaban J connectivity index is 2.00. The van der Waals surface area contributed by atoms with Crippen LogP contribution in [0.3, 0.4) is 0 Å². The largest absolute Gasteiger partial charge is 0.396 e. The number of nitrogens with zero attached hydrogens (tertiary/aromatic N) is 1. The molecule has 0 saturated heterocycles. The van der Waals surface area contributed by atoms with Crippen molar-refractivity contribution in [2.24, 2.45) is 5.14 Å². The van der Waals surface area contributed by atoms with Crippen molar-refractivity contribution >= 4 is 21.4 Å². The first-order valence-electron chi connectivity index (χ1n) is 6.70. The van der Waals surface area contributed by atoms with Crippen LogP contribution in [0.4, 0.5) is 11.4 Å². The van der Waals surface area contributed by atoms with Gasteiger partial charge in [0.05, 0.1) is 11.4 Å². The van der Waals surface area contributed by atoms with E-state index in [9.17, 15) is 8.42 Å². The van der Waals surface area contributed by atoms with Gasteiger partial charge < -0.3 is 10.6 Å². The van der Waals surface area contributed by atoms with Crippen LogP contribution in [0.25, 0.3) is 0 Å². The number of nitrogens with two attached hydrogens (primary N) is 2. The quantitative estimate of drug-likeness (QED) is 0.822. The summed E-state index contributed by atoms with van der Waals surface area (Å²) in [4.78, 5) is 2.07. The van der Waals surface area contributed by atoms with Crippen molar-refractivity contribution in [1.29, 1.82) is 0 Å². The summed E-state index contributed by atoms with van der Waals surface area (Å²) in [5, 5.41) is 5.21. The summed E-state index contributed by atoms with van der Waals surface area (Å²) in [5.41, 5.74) is 9.53. The van der Waals surface area contributed by atoms with Gasteiger partial charge in [0.15, 0.2) is 0 Å². The maximum absolute atomic E-state index is 11.6. The first kappa shape index (κ1) is 13.9. The van der Waals surface area contributed by atoms with Crippen molar-refractivity contribution in [2.45, 2.75) is 17.9 Å². The monoisotopic (exact) mass is 303 g/mol.